The van der Waals surface area contributed by atoms with Crippen LogP contribution in [-0.4, -0.2) is 35.5 Å². The van der Waals surface area contributed by atoms with E-state index < -0.39 is 5.97 Å². The van der Waals surface area contributed by atoms with E-state index in [-0.39, 0.29) is 12.5 Å². The van der Waals surface area contributed by atoms with Gasteiger partial charge in [0.05, 0.1) is 24.7 Å². The molecule has 2 aromatic carbocycles. The van der Waals surface area contributed by atoms with Gasteiger partial charge >= 0.3 is 5.97 Å². The molecule has 0 fully saturated rings. The van der Waals surface area contributed by atoms with E-state index in [4.69, 9.17) is 0 Å². The predicted molar refractivity (Wildman–Crippen MR) is 94.4 cm³/mol. The van der Waals surface area contributed by atoms with Crippen LogP contribution in [0.1, 0.15) is 10.4 Å². The topological polar surface area (TPSA) is 93.2 Å². The zero-order valence-electron chi connectivity index (χ0n) is 13.5. The Morgan fingerprint density at radius 1 is 1.08 bits per heavy atom. The molecule has 0 atom stereocenters. The summed E-state index contributed by atoms with van der Waals surface area (Å²) in [6, 6.07) is 14.1. The van der Waals surface area contributed by atoms with Crippen molar-refractivity contribution in [2.24, 2.45) is 0 Å². The molecule has 3 aromatic rings. The average Bonchev–Trinajstić information content (AvgIpc) is 2.66. The smallest absolute Gasteiger partial charge is 0.337 e. The number of ether oxygens (including phenoxy) is 1. The van der Waals surface area contributed by atoms with Crippen LogP contribution in [0.25, 0.3) is 10.9 Å². The summed E-state index contributed by atoms with van der Waals surface area (Å²) in [5, 5.41) is 6.57. The normalized spacial score (nSPS) is 10.3. The molecule has 1 amide bonds. The van der Waals surface area contributed by atoms with Crippen LogP contribution < -0.4 is 10.6 Å². The molecule has 0 saturated heterocycles. The van der Waals surface area contributed by atoms with Crippen molar-refractivity contribution >= 4 is 34.3 Å². The molecule has 1 aromatic heterocycles. The van der Waals surface area contributed by atoms with E-state index in [2.05, 4.69) is 25.3 Å². The van der Waals surface area contributed by atoms with Crippen molar-refractivity contribution in [1.82, 2.24) is 9.97 Å². The van der Waals surface area contributed by atoms with Gasteiger partial charge in [0, 0.05) is 11.1 Å². The number of methoxy groups -OCH3 is 1. The monoisotopic (exact) mass is 336 g/mol. The third-order valence-corrected chi connectivity index (χ3v) is 3.53. The van der Waals surface area contributed by atoms with Crippen LogP contribution in [0.15, 0.2) is 54.9 Å². The second-order valence-electron chi connectivity index (χ2n) is 5.21. The van der Waals surface area contributed by atoms with Gasteiger partial charge in [0.25, 0.3) is 0 Å². The van der Waals surface area contributed by atoms with Crippen molar-refractivity contribution in [3.05, 3.63) is 60.4 Å². The summed E-state index contributed by atoms with van der Waals surface area (Å²) < 4.78 is 4.66. The first-order chi connectivity index (χ1) is 12.2. The number of aromatic nitrogens is 2. The number of carbonyl (C=O) groups excluding carboxylic acids is 2. The van der Waals surface area contributed by atoms with E-state index in [0.29, 0.717) is 17.1 Å². The van der Waals surface area contributed by atoms with Crippen LogP contribution >= 0.6 is 0 Å². The molecule has 2 N–H and O–H groups in total. The molecular formula is C18H16N4O3. The maximum atomic E-state index is 12.1. The fourth-order valence-corrected chi connectivity index (χ4v) is 2.36. The number of benzene rings is 2. The van der Waals surface area contributed by atoms with Gasteiger partial charge in [0.2, 0.25) is 5.91 Å². The van der Waals surface area contributed by atoms with Gasteiger partial charge in [-0.15, -0.1) is 0 Å². The highest BCUT2D eigenvalue weighted by atomic mass is 16.5. The SMILES string of the molecule is COC(=O)c1cccc(NC(=O)CNc2ncnc3ccccc23)c1. The Morgan fingerprint density at radius 3 is 2.76 bits per heavy atom. The number of hydrogen-bond acceptors (Lipinski definition) is 6. The number of para-hydroxylation sites is 1. The maximum absolute atomic E-state index is 12.1. The summed E-state index contributed by atoms with van der Waals surface area (Å²) in [5.74, 6) is -0.129. The Kier molecular flexibility index (Phi) is 4.84. The molecule has 0 saturated carbocycles. The van der Waals surface area contributed by atoms with Crippen molar-refractivity contribution in [3.63, 3.8) is 0 Å². The highest BCUT2D eigenvalue weighted by Gasteiger charge is 2.09. The highest BCUT2D eigenvalue weighted by molar-refractivity contribution is 5.97. The molecule has 0 unspecified atom stereocenters. The molecule has 126 valence electrons. The van der Waals surface area contributed by atoms with E-state index in [0.717, 1.165) is 10.9 Å². The Hall–Kier alpha value is -3.48. The lowest BCUT2D eigenvalue weighted by molar-refractivity contribution is -0.114. The molecule has 0 bridgehead atoms. The van der Waals surface area contributed by atoms with E-state index in [1.54, 1.807) is 24.3 Å². The van der Waals surface area contributed by atoms with Crippen molar-refractivity contribution in [2.75, 3.05) is 24.3 Å². The second-order valence-corrected chi connectivity index (χ2v) is 5.21. The molecule has 0 spiro atoms. The van der Waals surface area contributed by atoms with Crippen molar-refractivity contribution in [1.29, 1.82) is 0 Å². The summed E-state index contributed by atoms with van der Waals surface area (Å²) in [6.45, 7) is 0.0312. The molecule has 0 aliphatic carbocycles. The molecule has 7 heteroatoms. The minimum atomic E-state index is -0.457. The lowest BCUT2D eigenvalue weighted by Crippen LogP contribution is -2.22. The van der Waals surface area contributed by atoms with Gasteiger partial charge in [0.1, 0.15) is 12.1 Å². The molecular weight excluding hydrogens is 320 g/mol. The van der Waals surface area contributed by atoms with E-state index in [1.807, 2.05) is 24.3 Å². The number of nitrogens with zero attached hydrogens (tertiary/aromatic N) is 2. The minimum Gasteiger partial charge on any atom is -0.465 e. The Labute approximate surface area is 144 Å². The standard InChI is InChI=1S/C18H16N4O3/c1-25-18(24)12-5-4-6-13(9-12)22-16(23)10-19-17-14-7-2-3-8-15(14)20-11-21-17/h2-9,11H,10H2,1H3,(H,22,23)(H,19,20,21). The van der Waals surface area contributed by atoms with Crippen LogP contribution in [0.3, 0.4) is 0 Å². The number of rotatable bonds is 5. The number of fused-ring (bicyclic) bond motifs is 1. The zero-order chi connectivity index (χ0) is 17.6. The molecule has 0 aliphatic rings. The van der Waals surface area contributed by atoms with E-state index in [9.17, 15) is 9.59 Å². The molecule has 7 nitrogen and oxygen atoms in total. The summed E-state index contributed by atoms with van der Waals surface area (Å²) in [4.78, 5) is 32.0. The van der Waals surface area contributed by atoms with Crippen LogP contribution in [-0.2, 0) is 9.53 Å². The summed E-state index contributed by atoms with van der Waals surface area (Å²) in [6.07, 6.45) is 1.45. The summed E-state index contributed by atoms with van der Waals surface area (Å²) in [5.41, 5.74) is 1.68. The van der Waals surface area contributed by atoms with Crippen LogP contribution in [0.2, 0.25) is 0 Å². The highest BCUT2D eigenvalue weighted by Crippen LogP contribution is 2.18. The van der Waals surface area contributed by atoms with Crippen LogP contribution in [0.4, 0.5) is 11.5 Å². The Morgan fingerprint density at radius 2 is 1.92 bits per heavy atom. The first-order valence-electron chi connectivity index (χ1n) is 7.59. The first-order valence-corrected chi connectivity index (χ1v) is 7.59. The zero-order valence-corrected chi connectivity index (χ0v) is 13.5. The summed E-state index contributed by atoms with van der Waals surface area (Å²) >= 11 is 0. The van der Waals surface area contributed by atoms with Gasteiger partial charge in [-0.1, -0.05) is 18.2 Å². The second kappa shape index (κ2) is 7.39. The van der Waals surface area contributed by atoms with E-state index in [1.165, 1.54) is 13.4 Å². The number of esters is 1. The van der Waals surface area contributed by atoms with Gasteiger partial charge in [0.15, 0.2) is 0 Å². The Bertz CT molecular complexity index is 922. The minimum absolute atomic E-state index is 0.0312. The van der Waals surface area contributed by atoms with Crippen molar-refractivity contribution < 1.29 is 14.3 Å². The largest absolute Gasteiger partial charge is 0.465 e. The number of nitrogens with one attached hydrogen (secondary N) is 2. The van der Waals surface area contributed by atoms with Gasteiger partial charge in [-0.3, -0.25) is 4.79 Å². The Balaban J connectivity index is 1.66. The lowest BCUT2D eigenvalue weighted by Gasteiger charge is -2.09. The molecule has 0 aliphatic heterocycles. The number of amides is 1. The third-order valence-electron chi connectivity index (χ3n) is 3.53. The lowest BCUT2D eigenvalue weighted by atomic mass is 10.2. The van der Waals surface area contributed by atoms with Crippen molar-refractivity contribution in [2.45, 2.75) is 0 Å². The molecule has 25 heavy (non-hydrogen) atoms. The first kappa shape index (κ1) is 16.4. The van der Waals surface area contributed by atoms with Crippen LogP contribution in [0.5, 0.6) is 0 Å². The fourth-order valence-electron chi connectivity index (χ4n) is 2.36. The number of carbonyl (C=O) groups is 2. The number of hydrogen-bond donors (Lipinski definition) is 2. The maximum Gasteiger partial charge on any atom is 0.337 e. The summed E-state index contributed by atoms with van der Waals surface area (Å²) in [7, 11) is 1.31. The predicted octanol–water partition coefficient (Wildman–Crippen LogP) is 2.47. The van der Waals surface area contributed by atoms with Gasteiger partial charge in [-0.2, -0.15) is 0 Å². The third kappa shape index (κ3) is 3.89. The van der Waals surface area contributed by atoms with Crippen molar-refractivity contribution in [3.8, 4) is 0 Å². The van der Waals surface area contributed by atoms with Gasteiger partial charge < -0.3 is 15.4 Å². The van der Waals surface area contributed by atoms with Gasteiger partial charge in [-0.05, 0) is 30.3 Å². The quantitative estimate of drug-likeness (QED) is 0.695. The van der Waals surface area contributed by atoms with Gasteiger partial charge in [-0.25, -0.2) is 14.8 Å². The number of anilines is 2. The average molecular weight is 336 g/mol. The molecule has 3 rings (SSSR count). The van der Waals surface area contributed by atoms with Crippen LogP contribution in [0, 0.1) is 0 Å². The molecule has 0 radical (unpaired) electrons. The fraction of sp³-hybridized carbons (Fsp3) is 0.111. The van der Waals surface area contributed by atoms with E-state index >= 15 is 0 Å². The molecule has 1 heterocycles.